The molecule has 1 N–H and O–H groups in total. The number of aromatic nitrogens is 3. The highest BCUT2D eigenvalue weighted by atomic mass is 32.1. The van der Waals surface area contributed by atoms with E-state index in [1.807, 2.05) is 0 Å². The molecule has 2 rings (SSSR count). The Morgan fingerprint density at radius 1 is 1.56 bits per heavy atom. The highest BCUT2D eigenvalue weighted by molar-refractivity contribution is 7.71. The van der Waals surface area contributed by atoms with Gasteiger partial charge in [-0.05, 0) is 45.8 Å². The molecule has 0 bridgehead atoms. The lowest BCUT2D eigenvalue weighted by atomic mass is 10.1. The van der Waals surface area contributed by atoms with Gasteiger partial charge in [0.2, 0.25) is 0 Å². The lowest BCUT2D eigenvalue weighted by Gasteiger charge is -2.23. The summed E-state index contributed by atoms with van der Waals surface area (Å²) in [7, 11) is 0. The van der Waals surface area contributed by atoms with Crippen molar-refractivity contribution in [1.29, 1.82) is 0 Å². The molecule has 1 aliphatic heterocycles. The Morgan fingerprint density at radius 2 is 2.31 bits per heavy atom. The lowest BCUT2D eigenvalue weighted by Crippen LogP contribution is -2.26. The van der Waals surface area contributed by atoms with Crippen LogP contribution in [-0.4, -0.2) is 27.5 Å². The highest BCUT2D eigenvalue weighted by Crippen LogP contribution is 2.21. The minimum Gasteiger partial charge on any atom is -0.378 e. The van der Waals surface area contributed by atoms with Gasteiger partial charge in [0, 0.05) is 18.6 Å². The Balaban J connectivity index is 2.24. The first-order chi connectivity index (χ1) is 7.48. The molecule has 0 radical (unpaired) electrons. The first-order valence-corrected chi connectivity index (χ1v) is 6.17. The van der Waals surface area contributed by atoms with Crippen LogP contribution >= 0.6 is 12.2 Å². The van der Waals surface area contributed by atoms with Crippen LogP contribution in [0.5, 0.6) is 0 Å². The van der Waals surface area contributed by atoms with Crippen molar-refractivity contribution in [3.63, 3.8) is 0 Å². The molecule has 16 heavy (non-hydrogen) atoms. The SMILES string of the molecule is CC(C)(C)n1c(CC2CCCO2)n[nH]c1=S. The fraction of sp³-hybridized carbons (Fsp3) is 0.818. The molecule has 0 saturated carbocycles. The third kappa shape index (κ3) is 2.35. The predicted molar refractivity (Wildman–Crippen MR) is 65.1 cm³/mol. The van der Waals surface area contributed by atoms with E-state index in [9.17, 15) is 0 Å². The van der Waals surface area contributed by atoms with Crippen molar-refractivity contribution in [2.24, 2.45) is 0 Å². The van der Waals surface area contributed by atoms with E-state index in [1.54, 1.807) is 0 Å². The number of nitrogens with one attached hydrogen (secondary N) is 1. The van der Waals surface area contributed by atoms with Crippen LogP contribution < -0.4 is 0 Å². The topological polar surface area (TPSA) is 42.8 Å². The third-order valence-electron chi connectivity index (χ3n) is 2.85. The van der Waals surface area contributed by atoms with E-state index in [1.165, 1.54) is 0 Å². The smallest absolute Gasteiger partial charge is 0.195 e. The van der Waals surface area contributed by atoms with Gasteiger partial charge < -0.3 is 4.74 Å². The second-order valence-corrected chi connectivity index (χ2v) is 5.68. The molecule has 0 amide bonds. The van der Waals surface area contributed by atoms with Crippen LogP contribution in [0.1, 0.15) is 39.4 Å². The summed E-state index contributed by atoms with van der Waals surface area (Å²) in [5.41, 5.74) is -0.0297. The summed E-state index contributed by atoms with van der Waals surface area (Å²) in [6.45, 7) is 7.29. The molecule has 2 heterocycles. The minimum absolute atomic E-state index is 0.0297. The number of nitrogens with zero attached hydrogens (tertiary/aromatic N) is 2. The fourth-order valence-corrected chi connectivity index (χ4v) is 2.59. The Bertz CT molecular complexity index is 410. The molecule has 90 valence electrons. The molecule has 0 aliphatic carbocycles. The Hall–Kier alpha value is -0.680. The highest BCUT2D eigenvalue weighted by Gasteiger charge is 2.23. The molecule has 4 nitrogen and oxygen atoms in total. The normalized spacial score (nSPS) is 21.6. The van der Waals surface area contributed by atoms with Crippen molar-refractivity contribution in [3.8, 4) is 0 Å². The number of hydrogen-bond acceptors (Lipinski definition) is 3. The minimum atomic E-state index is -0.0297. The summed E-state index contributed by atoms with van der Waals surface area (Å²) in [5, 5.41) is 7.19. The average Bonchev–Trinajstić information content (AvgIpc) is 2.75. The van der Waals surface area contributed by atoms with Gasteiger partial charge in [-0.25, -0.2) is 0 Å². The number of H-pyrrole nitrogens is 1. The van der Waals surface area contributed by atoms with E-state index in [0.29, 0.717) is 10.9 Å². The molecule has 1 unspecified atom stereocenters. The largest absolute Gasteiger partial charge is 0.378 e. The van der Waals surface area contributed by atoms with Crippen LogP contribution in [0.3, 0.4) is 0 Å². The van der Waals surface area contributed by atoms with E-state index in [-0.39, 0.29) is 5.54 Å². The molecule has 0 spiro atoms. The van der Waals surface area contributed by atoms with Gasteiger partial charge in [-0.1, -0.05) is 0 Å². The van der Waals surface area contributed by atoms with Gasteiger partial charge in [-0.15, -0.1) is 0 Å². The van der Waals surface area contributed by atoms with Crippen LogP contribution in [0, 0.1) is 4.77 Å². The molecule has 0 aromatic carbocycles. The zero-order chi connectivity index (χ0) is 11.8. The number of hydrogen-bond donors (Lipinski definition) is 1. The van der Waals surface area contributed by atoms with Crippen LogP contribution in [-0.2, 0) is 16.7 Å². The van der Waals surface area contributed by atoms with Gasteiger partial charge in [0.05, 0.1) is 6.10 Å². The van der Waals surface area contributed by atoms with Crippen molar-refractivity contribution >= 4 is 12.2 Å². The second-order valence-electron chi connectivity index (χ2n) is 5.29. The van der Waals surface area contributed by atoms with Crippen molar-refractivity contribution in [1.82, 2.24) is 14.8 Å². The Morgan fingerprint density at radius 3 is 2.88 bits per heavy atom. The maximum Gasteiger partial charge on any atom is 0.195 e. The van der Waals surface area contributed by atoms with Crippen LogP contribution in [0.15, 0.2) is 0 Å². The molecule has 1 aliphatic rings. The predicted octanol–water partition coefficient (Wildman–Crippen LogP) is 2.42. The van der Waals surface area contributed by atoms with Gasteiger partial charge in [0.25, 0.3) is 0 Å². The van der Waals surface area contributed by atoms with Gasteiger partial charge in [-0.2, -0.15) is 5.10 Å². The zero-order valence-corrected chi connectivity index (χ0v) is 10.9. The molecule has 1 aromatic rings. The fourth-order valence-electron chi connectivity index (χ4n) is 2.17. The van der Waals surface area contributed by atoms with Gasteiger partial charge in [0.1, 0.15) is 5.82 Å². The summed E-state index contributed by atoms with van der Waals surface area (Å²) < 4.78 is 8.41. The monoisotopic (exact) mass is 241 g/mol. The number of aromatic amines is 1. The van der Waals surface area contributed by atoms with Crippen molar-refractivity contribution in [2.45, 2.75) is 51.7 Å². The summed E-state index contributed by atoms with van der Waals surface area (Å²) in [6, 6.07) is 0. The van der Waals surface area contributed by atoms with Gasteiger partial charge in [-0.3, -0.25) is 9.67 Å². The molecule has 1 atom stereocenters. The van der Waals surface area contributed by atoms with Gasteiger partial charge >= 0.3 is 0 Å². The quantitative estimate of drug-likeness (QED) is 0.809. The molecule has 1 aromatic heterocycles. The number of ether oxygens (including phenoxy) is 1. The van der Waals surface area contributed by atoms with E-state index >= 15 is 0 Å². The third-order valence-corrected chi connectivity index (χ3v) is 3.12. The van der Waals surface area contributed by atoms with Crippen molar-refractivity contribution in [2.75, 3.05) is 6.61 Å². The summed E-state index contributed by atoms with van der Waals surface area (Å²) in [5.74, 6) is 1.00. The average molecular weight is 241 g/mol. The summed E-state index contributed by atoms with van der Waals surface area (Å²) >= 11 is 5.27. The lowest BCUT2D eigenvalue weighted by molar-refractivity contribution is 0.108. The summed E-state index contributed by atoms with van der Waals surface area (Å²) in [4.78, 5) is 0. The Kier molecular flexibility index (Phi) is 3.17. The van der Waals surface area contributed by atoms with Gasteiger partial charge in [0.15, 0.2) is 4.77 Å². The molecule has 1 fully saturated rings. The molecular weight excluding hydrogens is 222 g/mol. The maximum absolute atomic E-state index is 5.63. The van der Waals surface area contributed by atoms with E-state index < -0.39 is 0 Å². The molecule has 5 heteroatoms. The van der Waals surface area contributed by atoms with E-state index in [2.05, 4.69) is 35.5 Å². The van der Waals surface area contributed by atoms with Crippen molar-refractivity contribution in [3.05, 3.63) is 10.6 Å². The maximum atomic E-state index is 5.63. The molecular formula is C11H19N3OS. The first kappa shape index (κ1) is 11.8. The van der Waals surface area contributed by atoms with Crippen LogP contribution in [0.4, 0.5) is 0 Å². The van der Waals surface area contributed by atoms with Crippen molar-refractivity contribution < 1.29 is 4.74 Å². The molecule has 1 saturated heterocycles. The standard InChI is InChI=1S/C11H19N3OS/c1-11(2,3)14-9(12-13-10(14)16)7-8-5-4-6-15-8/h8H,4-7H2,1-3H3,(H,13,16). The van der Waals surface area contributed by atoms with Crippen LogP contribution in [0.25, 0.3) is 0 Å². The summed E-state index contributed by atoms with van der Waals surface area (Å²) in [6.07, 6.45) is 3.45. The zero-order valence-electron chi connectivity index (χ0n) is 10.1. The van der Waals surface area contributed by atoms with E-state index in [0.717, 1.165) is 31.7 Å². The Labute approximate surface area is 101 Å². The second kappa shape index (κ2) is 4.30. The van der Waals surface area contributed by atoms with E-state index in [4.69, 9.17) is 17.0 Å². The number of rotatable bonds is 2. The first-order valence-electron chi connectivity index (χ1n) is 5.77. The van der Waals surface area contributed by atoms with Crippen LogP contribution in [0.2, 0.25) is 0 Å².